The molecule has 0 spiro atoms. The van der Waals surface area contributed by atoms with Crippen molar-refractivity contribution in [1.29, 1.82) is 0 Å². The average molecular weight is 365 g/mol. The molecule has 1 aromatic heterocycles. The number of hydrogen-bond donors (Lipinski definition) is 1. The van der Waals surface area contributed by atoms with Gasteiger partial charge in [0.25, 0.3) is 5.91 Å². The van der Waals surface area contributed by atoms with Gasteiger partial charge >= 0.3 is 0 Å². The normalized spacial score (nSPS) is 11.8. The first-order valence-corrected chi connectivity index (χ1v) is 8.61. The molecule has 1 amide bonds. The first-order valence-electron chi connectivity index (χ1n) is 8.61. The van der Waals surface area contributed by atoms with Crippen LogP contribution in [-0.2, 0) is 18.3 Å². The maximum atomic E-state index is 13.0. The van der Waals surface area contributed by atoms with Crippen molar-refractivity contribution in [2.75, 3.05) is 6.67 Å². The zero-order valence-corrected chi connectivity index (χ0v) is 14.9. The molecule has 3 rings (SSSR count). The van der Waals surface area contributed by atoms with Crippen LogP contribution in [0.3, 0.4) is 0 Å². The molecule has 0 aliphatic carbocycles. The molecule has 0 bridgehead atoms. The van der Waals surface area contributed by atoms with Gasteiger partial charge in [-0.3, -0.25) is 14.3 Å². The van der Waals surface area contributed by atoms with E-state index in [1.165, 1.54) is 0 Å². The Bertz CT molecular complexity index is 923. The van der Waals surface area contributed by atoms with Crippen LogP contribution >= 0.6 is 0 Å². The van der Waals surface area contributed by atoms with E-state index in [0.717, 1.165) is 11.1 Å². The van der Waals surface area contributed by atoms with Crippen LogP contribution in [0.15, 0.2) is 66.9 Å². The Kier molecular flexibility index (Phi) is 5.76. The van der Waals surface area contributed by atoms with E-state index in [9.17, 15) is 14.0 Å². The maximum absolute atomic E-state index is 13.0. The van der Waals surface area contributed by atoms with Crippen LogP contribution in [0.4, 0.5) is 4.39 Å². The minimum atomic E-state index is -1.13. The minimum Gasteiger partial charge on any atom is -0.342 e. The van der Waals surface area contributed by atoms with Crippen molar-refractivity contribution in [1.82, 2.24) is 15.1 Å². The molecule has 0 fully saturated rings. The fraction of sp³-hybridized carbons (Fsp3) is 0.190. The number of rotatable bonds is 7. The second-order valence-corrected chi connectivity index (χ2v) is 6.25. The van der Waals surface area contributed by atoms with Crippen LogP contribution in [0.2, 0.25) is 0 Å². The number of nitrogens with one attached hydrogen (secondary N) is 1. The van der Waals surface area contributed by atoms with Gasteiger partial charge in [0.15, 0.2) is 5.78 Å². The smallest absolute Gasteiger partial charge is 0.255 e. The maximum Gasteiger partial charge on any atom is 0.255 e. The Hall–Kier alpha value is -3.28. The molecule has 1 atom stereocenters. The Morgan fingerprint density at radius 1 is 1.07 bits per heavy atom. The number of carbonyl (C=O) groups excluding carboxylic acids is 2. The Morgan fingerprint density at radius 3 is 2.33 bits per heavy atom. The Balaban J connectivity index is 1.85. The lowest BCUT2D eigenvalue weighted by molar-refractivity contribution is -0.121. The predicted octanol–water partition coefficient (Wildman–Crippen LogP) is 2.97. The molecule has 0 aliphatic rings. The van der Waals surface area contributed by atoms with Gasteiger partial charge in [-0.05, 0) is 12.0 Å². The fourth-order valence-corrected chi connectivity index (χ4v) is 2.89. The van der Waals surface area contributed by atoms with E-state index < -0.39 is 24.4 Å². The molecule has 5 nitrogen and oxygen atoms in total. The summed E-state index contributed by atoms with van der Waals surface area (Å²) in [4.78, 5) is 24.9. The highest BCUT2D eigenvalue weighted by molar-refractivity contribution is 6.02. The van der Waals surface area contributed by atoms with Gasteiger partial charge in [0.2, 0.25) is 0 Å². The molecule has 1 N–H and O–H groups in total. The molecule has 0 saturated heterocycles. The highest BCUT2D eigenvalue weighted by Gasteiger charge is 2.24. The van der Waals surface area contributed by atoms with Crippen LogP contribution in [-0.4, -0.2) is 34.2 Å². The van der Waals surface area contributed by atoms with Gasteiger partial charge in [0.05, 0.1) is 11.6 Å². The van der Waals surface area contributed by atoms with Crippen LogP contribution in [0.5, 0.6) is 0 Å². The molecule has 138 valence electrons. The molecule has 1 heterocycles. The number of halogens is 1. The summed E-state index contributed by atoms with van der Waals surface area (Å²) in [6.07, 6.45) is 1.83. The van der Waals surface area contributed by atoms with Crippen molar-refractivity contribution in [3.8, 4) is 11.3 Å². The van der Waals surface area contributed by atoms with E-state index >= 15 is 0 Å². The average Bonchev–Trinajstić information content (AvgIpc) is 3.10. The third kappa shape index (κ3) is 4.47. The summed E-state index contributed by atoms with van der Waals surface area (Å²) in [6, 6.07) is 17.6. The van der Waals surface area contributed by atoms with Crippen LogP contribution < -0.4 is 5.32 Å². The number of hydrogen-bond acceptors (Lipinski definition) is 3. The number of aromatic nitrogens is 2. The number of Topliss-reactive ketones (excluding diaryl/α,β-unsaturated/α-hetero) is 1. The number of amides is 1. The Morgan fingerprint density at radius 2 is 1.70 bits per heavy atom. The number of alkyl halides is 1. The lowest BCUT2D eigenvalue weighted by Gasteiger charge is -2.16. The van der Waals surface area contributed by atoms with Gasteiger partial charge in [0, 0.05) is 18.8 Å². The van der Waals surface area contributed by atoms with E-state index in [1.54, 1.807) is 17.9 Å². The van der Waals surface area contributed by atoms with Crippen LogP contribution in [0.25, 0.3) is 11.3 Å². The number of carbonyl (C=O) groups is 2. The molecule has 2 aromatic carbocycles. The van der Waals surface area contributed by atoms with Gasteiger partial charge in [-0.15, -0.1) is 0 Å². The highest BCUT2D eigenvalue weighted by Crippen LogP contribution is 2.21. The van der Waals surface area contributed by atoms with Crippen LogP contribution in [0, 0.1) is 0 Å². The van der Waals surface area contributed by atoms with Gasteiger partial charge in [-0.1, -0.05) is 60.7 Å². The third-order valence-electron chi connectivity index (χ3n) is 4.23. The van der Waals surface area contributed by atoms with Crippen molar-refractivity contribution in [3.05, 3.63) is 78.0 Å². The summed E-state index contributed by atoms with van der Waals surface area (Å²) in [5.41, 5.74) is 2.49. The second kappa shape index (κ2) is 8.40. The SMILES string of the molecule is Cn1cc(C(=O)N[C@@H](Cc2ccccc2)C(=O)CF)c(-c2ccccc2)n1. The van der Waals surface area contributed by atoms with Crippen molar-refractivity contribution >= 4 is 11.7 Å². The highest BCUT2D eigenvalue weighted by atomic mass is 19.1. The summed E-state index contributed by atoms with van der Waals surface area (Å²) in [7, 11) is 1.72. The van der Waals surface area contributed by atoms with E-state index in [-0.39, 0.29) is 6.42 Å². The molecule has 6 heteroatoms. The van der Waals surface area contributed by atoms with Gasteiger partial charge in [-0.25, -0.2) is 4.39 Å². The van der Waals surface area contributed by atoms with Crippen LogP contribution in [0.1, 0.15) is 15.9 Å². The third-order valence-corrected chi connectivity index (χ3v) is 4.23. The van der Waals surface area contributed by atoms with E-state index in [1.807, 2.05) is 60.7 Å². The second-order valence-electron chi connectivity index (χ2n) is 6.25. The van der Waals surface area contributed by atoms with Crippen molar-refractivity contribution in [2.24, 2.45) is 7.05 Å². The first kappa shape index (κ1) is 18.5. The predicted molar refractivity (Wildman–Crippen MR) is 101 cm³/mol. The first-order chi connectivity index (χ1) is 13.1. The monoisotopic (exact) mass is 365 g/mol. The molecular weight excluding hydrogens is 345 g/mol. The van der Waals surface area contributed by atoms with E-state index in [0.29, 0.717) is 11.3 Å². The largest absolute Gasteiger partial charge is 0.342 e. The van der Waals surface area contributed by atoms with Gasteiger partial charge < -0.3 is 5.32 Å². The molecule has 0 unspecified atom stereocenters. The van der Waals surface area contributed by atoms with Crippen molar-refractivity contribution in [2.45, 2.75) is 12.5 Å². The molecule has 27 heavy (non-hydrogen) atoms. The fourth-order valence-electron chi connectivity index (χ4n) is 2.89. The summed E-state index contributed by atoms with van der Waals surface area (Å²) in [5, 5.41) is 7.03. The quantitative estimate of drug-likeness (QED) is 0.700. The van der Waals surface area contributed by atoms with E-state index in [4.69, 9.17) is 0 Å². The molecule has 0 radical (unpaired) electrons. The molecular formula is C21H20FN3O2. The standard InChI is InChI=1S/C21H20FN3O2/c1-25-14-17(20(24-25)16-10-6-3-7-11-16)21(27)23-18(19(26)13-22)12-15-8-4-2-5-9-15/h2-11,14,18H,12-13H2,1H3,(H,23,27)/t18-/m0/s1. The lowest BCUT2D eigenvalue weighted by Crippen LogP contribution is -2.43. The number of nitrogens with zero attached hydrogens (tertiary/aromatic N) is 2. The summed E-state index contributed by atoms with van der Waals surface area (Å²) >= 11 is 0. The molecule has 0 saturated carbocycles. The van der Waals surface area contributed by atoms with Crippen molar-refractivity contribution in [3.63, 3.8) is 0 Å². The van der Waals surface area contributed by atoms with Gasteiger partial charge in [0.1, 0.15) is 12.4 Å². The lowest BCUT2D eigenvalue weighted by atomic mass is 10.0. The summed E-state index contributed by atoms with van der Waals surface area (Å²) < 4.78 is 14.6. The number of benzene rings is 2. The van der Waals surface area contributed by atoms with E-state index in [2.05, 4.69) is 10.4 Å². The molecule has 3 aromatic rings. The Labute approximate surface area is 156 Å². The summed E-state index contributed by atoms with van der Waals surface area (Å²) in [6.45, 7) is -1.13. The summed E-state index contributed by atoms with van der Waals surface area (Å²) in [5.74, 6) is -1.11. The minimum absolute atomic E-state index is 0.232. The molecule has 0 aliphatic heterocycles. The number of aryl methyl sites for hydroxylation is 1. The van der Waals surface area contributed by atoms with Crippen molar-refractivity contribution < 1.29 is 14.0 Å². The zero-order chi connectivity index (χ0) is 19.2. The zero-order valence-electron chi connectivity index (χ0n) is 14.9. The topological polar surface area (TPSA) is 64.0 Å². The van der Waals surface area contributed by atoms with Gasteiger partial charge in [-0.2, -0.15) is 5.10 Å². The number of ketones is 1.